The van der Waals surface area contributed by atoms with E-state index in [1.54, 1.807) is 0 Å². The van der Waals surface area contributed by atoms with Gasteiger partial charge >= 0.3 is 0 Å². The normalized spacial score (nSPS) is 12.4. The predicted molar refractivity (Wildman–Crippen MR) is 85.9 cm³/mol. The van der Waals surface area contributed by atoms with Gasteiger partial charge in [-0.05, 0) is 20.8 Å². The van der Waals surface area contributed by atoms with Crippen molar-refractivity contribution in [2.24, 2.45) is 7.05 Å². The van der Waals surface area contributed by atoms with Gasteiger partial charge in [-0.2, -0.15) is 0 Å². The van der Waals surface area contributed by atoms with Crippen LogP contribution in [0.4, 0.5) is 5.13 Å². The fourth-order valence-corrected chi connectivity index (χ4v) is 3.35. The second-order valence-corrected chi connectivity index (χ2v) is 7.23. The minimum Gasteiger partial charge on any atom is -0.309 e. The Bertz CT molecular complexity index is 630. The van der Waals surface area contributed by atoms with Crippen LogP contribution in [0, 0.1) is 13.8 Å². The number of aromatic nitrogens is 4. The summed E-state index contributed by atoms with van der Waals surface area (Å²) in [5.74, 6) is 0.839. The summed E-state index contributed by atoms with van der Waals surface area (Å²) in [6.07, 6.45) is 0.822. The fourth-order valence-electron chi connectivity index (χ4n) is 1.70. The zero-order valence-corrected chi connectivity index (χ0v) is 14.4. The van der Waals surface area contributed by atoms with Gasteiger partial charge in [-0.25, -0.2) is 4.98 Å². The number of hydrogen-bond donors (Lipinski definition) is 1. The Balaban J connectivity index is 2.00. The average molecular weight is 325 g/mol. The minimum atomic E-state index is -0.262. The topological polar surface area (TPSA) is 72.7 Å². The molecule has 0 bridgehead atoms. The van der Waals surface area contributed by atoms with E-state index in [1.165, 1.54) is 23.1 Å². The maximum atomic E-state index is 12.2. The van der Waals surface area contributed by atoms with Crippen molar-refractivity contribution in [3.63, 3.8) is 0 Å². The van der Waals surface area contributed by atoms with Gasteiger partial charge in [0, 0.05) is 18.3 Å². The molecule has 0 fully saturated rings. The molecule has 114 valence electrons. The van der Waals surface area contributed by atoms with Gasteiger partial charge in [-0.15, -0.1) is 21.5 Å². The molecule has 1 atom stereocenters. The summed E-state index contributed by atoms with van der Waals surface area (Å²) in [4.78, 5) is 17.6. The van der Waals surface area contributed by atoms with Gasteiger partial charge in [0.2, 0.25) is 5.91 Å². The molecule has 2 heterocycles. The monoisotopic (exact) mass is 325 g/mol. The number of amides is 1. The molecule has 21 heavy (non-hydrogen) atoms. The van der Waals surface area contributed by atoms with Crippen molar-refractivity contribution >= 4 is 34.1 Å². The summed E-state index contributed by atoms with van der Waals surface area (Å²) >= 11 is 2.89. The molecular weight excluding hydrogens is 306 g/mol. The molecule has 0 aliphatic carbocycles. The van der Waals surface area contributed by atoms with Crippen LogP contribution in [0.15, 0.2) is 5.16 Å². The summed E-state index contributed by atoms with van der Waals surface area (Å²) in [7, 11) is 1.92. The van der Waals surface area contributed by atoms with Gasteiger partial charge in [-0.1, -0.05) is 18.7 Å². The van der Waals surface area contributed by atoms with E-state index in [0.717, 1.165) is 28.0 Å². The Morgan fingerprint density at radius 3 is 2.67 bits per heavy atom. The minimum absolute atomic E-state index is 0.0743. The number of thioether (sulfide) groups is 1. The van der Waals surface area contributed by atoms with E-state index in [4.69, 9.17) is 0 Å². The lowest BCUT2D eigenvalue weighted by Crippen LogP contribution is -2.22. The van der Waals surface area contributed by atoms with E-state index in [1.807, 2.05) is 39.3 Å². The molecule has 0 radical (unpaired) electrons. The van der Waals surface area contributed by atoms with E-state index in [2.05, 4.69) is 20.5 Å². The first kappa shape index (κ1) is 16.0. The van der Waals surface area contributed by atoms with E-state index in [0.29, 0.717) is 5.13 Å². The SMILES string of the molecule is CCc1nnc(S[C@H](C)C(=O)Nc2nc(C)c(C)s2)n1C. The zero-order valence-electron chi connectivity index (χ0n) is 12.8. The number of thiazole rings is 1. The molecule has 2 aromatic rings. The number of rotatable bonds is 5. The van der Waals surface area contributed by atoms with Crippen molar-refractivity contribution in [1.82, 2.24) is 19.7 Å². The van der Waals surface area contributed by atoms with E-state index < -0.39 is 0 Å². The van der Waals surface area contributed by atoms with Gasteiger partial charge in [0.1, 0.15) is 5.82 Å². The molecule has 0 unspecified atom stereocenters. The lowest BCUT2D eigenvalue weighted by Gasteiger charge is -2.09. The standard InChI is InChI=1S/C13H19N5OS2/c1-6-10-16-17-13(18(10)5)21-9(4)11(19)15-12-14-7(2)8(3)20-12/h9H,6H2,1-5H3,(H,14,15,19)/t9-/m1/s1. The van der Waals surface area contributed by atoms with Crippen LogP contribution in [0.3, 0.4) is 0 Å². The van der Waals surface area contributed by atoms with Crippen molar-refractivity contribution < 1.29 is 4.79 Å². The van der Waals surface area contributed by atoms with Crippen molar-refractivity contribution in [3.05, 3.63) is 16.4 Å². The Kier molecular flexibility index (Phi) is 5.00. The third kappa shape index (κ3) is 3.62. The van der Waals surface area contributed by atoms with Gasteiger partial charge < -0.3 is 9.88 Å². The van der Waals surface area contributed by atoms with Gasteiger partial charge in [0.15, 0.2) is 10.3 Å². The molecule has 1 amide bonds. The second-order valence-electron chi connectivity index (χ2n) is 4.72. The maximum absolute atomic E-state index is 12.2. The number of carbonyl (C=O) groups is 1. The molecule has 0 aliphatic rings. The van der Waals surface area contributed by atoms with E-state index >= 15 is 0 Å². The number of anilines is 1. The lowest BCUT2D eigenvalue weighted by molar-refractivity contribution is -0.115. The van der Waals surface area contributed by atoms with Gasteiger partial charge in [-0.3, -0.25) is 4.79 Å². The molecule has 0 aliphatic heterocycles. The molecule has 1 N–H and O–H groups in total. The highest BCUT2D eigenvalue weighted by atomic mass is 32.2. The predicted octanol–water partition coefficient (Wildman–Crippen LogP) is 2.57. The van der Waals surface area contributed by atoms with Gasteiger partial charge in [0.25, 0.3) is 0 Å². The number of aryl methyl sites for hydroxylation is 3. The molecule has 6 nitrogen and oxygen atoms in total. The van der Waals surface area contributed by atoms with Crippen LogP contribution in [0.25, 0.3) is 0 Å². The second kappa shape index (κ2) is 6.57. The maximum Gasteiger partial charge on any atom is 0.239 e. The summed E-state index contributed by atoms with van der Waals surface area (Å²) in [6.45, 7) is 7.81. The molecule has 0 aromatic carbocycles. The molecule has 0 saturated heterocycles. The van der Waals surface area contributed by atoms with E-state index in [-0.39, 0.29) is 11.2 Å². The quantitative estimate of drug-likeness (QED) is 0.855. The summed E-state index contributed by atoms with van der Waals surface area (Å²) in [6, 6.07) is 0. The third-order valence-electron chi connectivity index (χ3n) is 3.15. The van der Waals surface area contributed by atoms with Gasteiger partial charge in [0.05, 0.1) is 10.9 Å². The third-order valence-corrected chi connectivity index (χ3v) is 5.27. The van der Waals surface area contributed by atoms with Crippen molar-refractivity contribution in [3.8, 4) is 0 Å². The molecule has 2 rings (SSSR count). The highest BCUT2D eigenvalue weighted by molar-refractivity contribution is 8.00. The van der Waals surface area contributed by atoms with Crippen molar-refractivity contribution in [2.75, 3.05) is 5.32 Å². The lowest BCUT2D eigenvalue weighted by atomic mass is 10.4. The van der Waals surface area contributed by atoms with Crippen LogP contribution < -0.4 is 5.32 Å². The Morgan fingerprint density at radius 1 is 1.43 bits per heavy atom. The van der Waals surface area contributed by atoms with Crippen LogP contribution >= 0.6 is 23.1 Å². The van der Waals surface area contributed by atoms with Crippen LogP contribution in [-0.4, -0.2) is 30.9 Å². The first-order valence-electron chi connectivity index (χ1n) is 6.72. The molecule has 2 aromatic heterocycles. The smallest absolute Gasteiger partial charge is 0.239 e. The largest absolute Gasteiger partial charge is 0.309 e. The van der Waals surface area contributed by atoms with Crippen LogP contribution in [0.1, 0.15) is 30.2 Å². The van der Waals surface area contributed by atoms with Crippen molar-refractivity contribution in [1.29, 1.82) is 0 Å². The number of hydrogen-bond acceptors (Lipinski definition) is 6. The summed E-state index contributed by atoms with van der Waals surface area (Å²) < 4.78 is 1.92. The summed E-state index contributed by atoms with van der Waals surface area (Å²) in [5, 5.41) is 12.2. The molecule has 8 heteroatoms. The van der Waals surface area contributed by atoms with Crippen LogP contribution in [0.2, 0.25) is 0 Å². The highest BCUT2D eigenvalue weighted by Crippen LogP contribution is 2.25. The number of nitrogens with zero attached hydrogens (tertiary/aromatic N) is 4. The summed E-state index contributed by atoms with van der Waals surface area (Å²) in [5.41, 5.74) is 0.955. The first-order chi connectivity index (χ1) is 9.92. The first-order valence-corrected chi connectivity index (χ1v) is 8.41. The Labute approximate surface area is 132 Å². The molecular formula is C13H19N5OS2. The average Bonchev–Trinajstić information content (AvgIpc) is 2.93. The van der Waals surface area contributed by atoms with E-state index in [9.17, 15) is 4.79 Å². The Hall–Kier alpha value is -1.41. The highest BCUT2D eigenvalue weighted by Gasteiger charge is 2.19. The zero-order chi connectivity index (χ0) is 15.6. The fraction of sp³-hybridized carbons (Fsp3) is 0.538. The van der Waals surface area contributed by atoms with Crippen molar-refractivity contribution in [2.45, 2.75) is 44.5 Å². The Morgan fingerprint density at radius 2 is 2.14 bits per heavy atom. The molecule has 0 saturated carbocycles. The number of nitrogens with one attached hydrogen (secondary N) is 1. The van der Waals surface area contributed by atoms with Crippen LogP contribution in [0.5, 0.6) is 0 Å². The van der Waals surface area contributed by atoms with Crippen LogP contribution in [-0.2, 0) is 18.3 Å². The number of carbonyl (C=O) groups excluding carboxylic acids is 1. The molecule has 0 spiro atoms.